The van der Waals surface area contributed by atoms with Crippen LogP contribution in [-0.2, 0) is 4.79 Å². The molecule has 0 aliphatic heterocycles. The van der Waals surface area contributed by atoms with E-state index in [0.717, 1.165) is 5.56 Å². The van der Waals surface area contributed by atoms with Crippen LogP contribution >= 0.6 is 0 Å². The van der Waals surface area contributed by atoms with E-state index in [1.54, 1.807) is 18.2 Å². The van der Waals surface area contributed by atoms with Crippen LogP contribution in [0.1, 0.15) is 31.2 Å². The first-order chi connectivity index (χ1) is 9.77. The van der Waals surface area contributed by atoms with Crippen LogP contribution in [0.15, 0.2) is 18.2 Å². The number of nitrogens with two attached hydrogens (primary N) is 1. The number of alkyl halides is 3. The Labute approximate surface area is 121 Å². The predicted molar refractivity (Wildman–Crippen MR) is 75.7 cm³/mol. The third-order valence-electron chi connectivity index (χ3n) is 4.03. The van der Waals surface area contributed by atoms with E-state index in [4.69, 9.17) is 5.73 Å². The summed E-state index contributed by atoms with van der Waals surface area (Å²) in [5, 5.41) is 2.71. The molecule has 1 aromatic rings. The van der Waals surface area contributed by atoms with Crippen molar-refractivity contribution in [2.75, 3.05) is 11.1 Å². The number of halogens is 3. The number of hydrogen-bond donors (Lipinski definition) is 2. The van der Waals surface area contributed by atoms with Gasteiger partial charge in [0.15, 0.2) is 0 Å². The third-order valence-corrected chi connectivity index (χ3v) is 4.03. The number of anilines is 2. The zero-order valence-electron chi connectivity index (χ0n) is 11.8. The van der Waals surface area contributed by atoms with Gasteiger partial charge in [-0.05, 0) is 43.9 Å². The van der Waals surface area contributed by atoms with E-state index < -0.39 is 18.0 Å². The number of benzene rings is 1. The normalized spacial score (nSPS) is 22.9. The van der Waals surface area contributed by atoms with Crippen LogP contribution in [0, 0.1) is 18.8 Å². The van der Waals surface area contributed by atoms with Crippen molar-refractivity contribution in [3.05, 3.63) is 23.8 Å². The number of hydrogen-bond acceptors (Lipinski definition) is 2. The van der Waals surface area contributed by atoms with E-state index >= 15 is 0 Å². The quantitative estimate of drug-likeness (QED) is 0.814. The van der Waals surface area contributed by atoms with Crippen molar-refractivity contribution in [1.82, 2.24) is 0 Å². The Morgan fingerprint density at radius 1 is 1.33 bits per heavy atom. The Balaban J connectivity index is 2.04. The second-order valence-electron chi connectivity index (χ2n) is 5.67. The minimum atomic E-state index is -4.22. The van der Waals surface area contributed by atoms with Gasteiger partial charge in [0.05, 0.1) is 5.92 Å². The van der Waals surface area contributed by atoms with Crippen molar-refractivity contribution >= 4 is 17.3 Å². The van der Waals surface area contributed by atoms with Gasteiger partial charge in [-0.3, -0.25) is 4.79 Å². The maximum Gasteiger partial charge on any atom is 0.391 e. The minimum absolute atomic E-state index is 0.116. The van der Waals surface area contributed by atoms with Crippen LogP contribution in [0.2, 0.25) is 0 Å². The first-order valence-electron chi connectivity index (χ1n) is 7.01. The molecule has 2 rings (SSSR count). The lowest BCUT2D eigenvalue weighted by atomic mass is 9.80. The topological polar surface area (TPSA) is 55.1 Å². The number of carbonyl (C=O) groups excluding carboxylic acids is 1. The summed E-state index contributed by atoms with van der Waals surface area (Å²) in [6, 6.07) is 5.10. The highest BCUT2D eigenvalue weighted by Gasteiger charge is 2.43. The fraction of sp³-hybridized carbons (Fsp3) is 0.533. The average molecular weight is 300 g/mol. The lowest BCUT2D eigenvalue weighted by Crippen LogP contribution is -2.34. The van der Waals surface area contributed by atoms with E-state index in [9.17, 15) is 18.0 Å². The van der Waals surface area contributed by atoms with Crippen molar-refractivity contribution in [2.45, 2.75) is 38.8 Å². The molecule has 3 N–H and O–H groups in total. The van der Waals surface area contributed by atoms with E-state index in [1.165, 1.54) is 0 Å². The van der Waals surface area contributed by atoms with Crippen LogP contribution in [0.25, 0.3) is 0 Å². The van der Waals surface area contributed by atoms with Crippen LogP contribution in [0.3, 0.4) is 0 Å². The summed E-state index contributed by atoms with van der Waals surface area (Å²) in [4.78, 5) is 12.2. The molecule has 21 heavy (non-hydrogen) atoms. The summed E-state index contributed by atoms with van der Waals surface area (Å²) >= 11 is 0. The van der Waals surface area contributed by atoms with Crippen LogP contribution < -0.4 is 11.1 Å². The molecule has 2 unspecified atom stereocenters. The molecule has 1 aliphatic carbocycles. The molecular formula is C15H19F3N2O. The molecule has 3 nitrogen and oxygen atoms in total. The largest absolute Gasteiger partial charge is 0.399 e. The number of nitrogens with one attached hydrogen (secondary N) is 1. The molecule has 116 valence electrons. The number of aryl methyl sites for hydroxylation is 1. The van der Waals surface area contributed by atoms with Crippen LogP contribution in [0.5, 0.6) is 0 Å². The number of nitrogen functional groups attached to an aromatic ring is 1. The summed E-state index contributed by atoms with van der Waals surface area (Å²) < 4.78 is 38.3. The minimum Gasteiger partial charge on any atom is -0.399 e. The standard InChI is InChI=1S/C15H19F3N2O/c1-9-5-6-12(19)8-13(9)20-14(21)10-3-2-4-11(7-10)15(16,17)18/h5-6,8,10-11H,2-4,7,19H2,1H3,(H,20,21). The second-order valence-corrected chi connectivity index (χ2v) is 5.67. The van der Waals surface area contributed by atoms with Crippen molar-refractivity contribution in [2.24, 2.45) is 11.8 Å². The first kappa shape index (κ1) is 15.7. The van der Waals surface area contributed by atoms with Crippen molar-refractivity contribution in [1.29, 1.82) is 0 Å². The fourth-order valence-electron chi connectivity index (χ4n) is 2.73. The zero-order valence-corrected chi connectivity index (χ0v) is 11.8. The molecule has 1 aliphatic rings. The SMILES string of the molecule is Cc1ccc(N)cc1NC(=O)C1CCCC(C(F)(F)F)C1. The maximum absolute atomic E-state index is 12.8. The Kier molecular flexibility index (Phi) is 4.44. The molecule has 0 bridgehead atoms. The number of carbonyl (C=O) groups is 1. The van der Waals surface area contributed by atoms with Crippen LogP contribution in [0.4, 0.5) is 24.5 Å². The molecule has 0 radical (unpaired) electrons. The highest BCUT2D eigenvalue weighted by Crippen LogP contribution is 2.40. The monoisotopic (exact) mass is 300 g/mol. The number of amides is 1. The molecule has 6 heteroatoms. The molecule has 2 atom stereocenters. The van der Waals surface area contributed by atoms with Gasteiger partial charge in [0.2, 0.25) is 5.91 Å². The summed E-state index contributed by atoms with van der Waals surface area (Å²) in [5.41, 5.74) is 7.57. The van der Waals surface area contributed by atoms with Gasteiger partial charge in [-0.25, -0.2) is 0 Å². The van der Waals surface area contributed by atoms with Crippen LogP contribution in [-0.4, -0.2) is 12.1 Å². The molecule has 0 saturated heterocycles. The molecular weight excluding hydrogens is 281 g/mol. The first-order valence-corrected chi connectivity index (χ1v) is 7.01. The van der Waals surface area contributed by atoms with Gasteiger partial charge in [0, 0.05) is 17.3 Å². The molecule has 1 saturated carbocycles. The molecule has 1 amide bonds. The van der Waals surface area contributed by atoms with Crippen molar-refractivity contribution < 1.29 is 18.0 Å². The maximum atomic E-state index is 12.8. The van der Waals surface area contributed by atoms with E-state index in [2.05, 4.69) is 5.32 Å². The smallest absolute Gasteiger partial charge is 0.391 e. The molecule has 0 spiro atoms. The number of rotatable bonds is 2. The molecule has 0 heterocycles. The van der Waals surface area contributed by atoms with Crippen molar-refractivity contribution in [3.8, 4) is 0 Å². The molecule has 0 aromatic heterocycles. The molecule has 1 aromatic carbocycles. The Morgan fingerprint density at radius 2 is 2.05 bits per heavy atom. The van der Waals surface area contributed by atoms with Gasteiger partial charge in [-0.1, -0.05) is 12.5 Å². The van der Waals surface area contributed by atoms with Crippen molar-refractivity contribution in [3.63, 3.8) is 0 Å². The van der Waals surface area contributed by atoms with E-state index in [1.807, 2.05) is 6.92 Å². The predicted octanol–water partition coefficient (Wildman–Crippen LogP) is 3.88. The Bertz CT molecular complexity index is 528. The van der Waals surface area contributed by atoms with Gasteiger partial charge in [0.1, 0.15) is 0 Å². The third kappa shape index (κ3) is 3.89. The van der Waals surface area contributed by atoms with Gasteiger partial charge in [-0.15, -0.1) is 0 Å². The lowest BCUT2D eigenvalue weighted by Gasteiger charge is -2.29. The van der Waals surface area contributed by atoms with Gasteiger partial charge in [0.25, 0.3) is 0 Å². The highest BCUT2D eigenvalue weighted by atomic mass is 19.4. The highest BCUT2D eigenvalue weighted by molar-refractivity contribution is 5.93. The summed E-state index contributed by atoms with van der Waals surface area (Å²) in [5.74, 6) is -2.31. The zero-order chi connectivity index (χ0) is 15.6. The van der Waals surface area contributed by atoms with Gasteiger partial charge in [-0.2, -0.15) is 13.2 Å². The second kappa shape index (κ2) is 5.95. The Morgan fingerprint density at radius 3 is 2.71 bits per heavy atom. The molecule has 1 fully saturated rings. The summed E-state index contributed by atoms with van der Waals surface area (Å²) in [7, 11) is 0. The average Bonchev–Trinajstić information content (AvgIpc) is 2.42. The van der Waals surface area contributed by atoms with E-state index in [-0.39, 0.29) is 18.7 Å². The summed E-state index contributed by atoms with van der Waals surface area (Å²) in [6.07, 6.45) is -3.30. The Hall–Kier alpha value is -1.72. The van der Waals surface area contributed by atoms with E-state index in [0.29, 0.717) is 24.2 Å². The lowest BCUT2D eigenvalue weighted by molar-refractivity contribution is -0.185. The van der Waals surface area contributed by atoms with Gasteiger partial charge < -0.3 is 11.1 Å². The van der Waals surface area contributed by atoms with Gasteiger partial charge >= 0.3 is 6.18 Å². The fourth-order valence-corrected chi connectivity index (χ4v) is 2.73. The summed E-state index contributed by atoms with van der Waals surface area (Å²) in [6.45, 7) is 1.81.